The van der Waals surface area contributed by atoms with Crippen molar-refractivity contribution in [2.75, 3.05) is 5.75 Å². The predicted octanol–water partition coefficient (Wildman–Crippen LogP) is 6.87. The molecule has 0 fully saturated rings. The number of aromatic nitrogens is 2. The molecule has 172 valence electrons. The molecule has 0 amide bonds. The van der Waals surface area contributed by atoms with E-state index in [4.69, 9.17) is 0 Å². The third kappa shape index (κ3) is 4.52. The minimum absolute atomic E-state index is 0.198. The highest BCUT2D eigenvalue weighted by molar-refractivity contribution is 7.99. The van der Waals surface area contributed by atoms with Crippen molar-refractivity contribution >= 4 is 22.7 Å². The van der Waals surface area contributed by atoms with Crippen LogP contribution in [0.2, 0.25) is 0 Å². The molecule has 7 heteroatoms. The minimum Gasteiger partial charge on any atom is -0.376 e. The number of alkyl halides is 3. The van der Waals surface area contributed by atoms with Crippen LogP contribution in [0.3, 0.4) is 0 Å². The maximum atomic E-state index is 14.2. The fraction of sp³-hybridized carbons (Fsp3) is 0.269. The summed E-state index contributed by atoms with van der Waals surface area (Å²) in [6.45, 7) is 6.04. The number of halogens is 3. The normalized spacial score (nSPS) is 14.4. The van der Waals surface area contributed by atoms with Gasteiger partial charge in [0.1, 0.15) is 0 Å². The highest BCUT2D eigenvalue weighted by Gasteiger charge is 2.55. The molecule has 0 spiro atoms. The summed E-state index contributed by atoms with van der Waals surface area (Å²) in [4.78, 5) is 0.727. The molecule has 4 rings (SSSR count). The first-order chi connectivity index (χ1) is 15.5. The number of para-hydroxylation sites is 1. The molecule has 0 aliphatic heterocycles. The average molecular weight is 471 g/mol. The van der Waals surface area contributed by atoms with Gasteiger partial charge < -0.3 is 5.11 Å². The van der Waals surface area contributed by atoms with E-state index in [-0.39, 0.29) is 11.0 Å². The quantitative estimate of drug-likeness (QED) is 0.324. The van der Waals surface area contributed by atoms with Gasteiger partial charge in [-0.05, 0) is 46.9 Å². The molecule has 0 radical (unpaired) electrons. The summed E-state index contributed by atoms with van der Waals surface area (Å²) in [5, 5.41) is 15.8. The number of hydrogen-bond donors (Lipinski definition) is 1. The van der Waals surface area contributed by atoms with Crippen LogP contribution in [-0.2, 0) is 11.0 Å². The SMILES string of the molecule is CC(C)(C)c1ccccc1SCC(O)(c1ccc2c(cnn2-c2ccccc2)c1)C(F)(F)F. The Labute approximate surface area is 195 Å². The fourth-order valence-corrected chi connectivity index (χ4v) is 5.19. The van der Waals surface area contributed by atoms with Crippen molar-refractivity contribution in [1.29, 1.82) is 0 Å². The molecule has 0 aliphatic rings. The van der Waals surface area contributed by atoms with Crippen LogP contribution in [-0.4, -0.2) is 26.8 Å². The van der Waals surface area contributed by atoms with E-state index in [1.54, 1.807) is 22.9 Å². The number of hydrogen-bond acceptors (Lipinski definition) is 3. The van der Waals surface area contributed by atoms with E-state index in [1.807, 2.05) is 63.2 Å². The summed E-state index contributed by atoms with van der Waals surface area (Å²) in [5.74, 6) is -0.554. The summed E-state index contributed by atoms with van der Waals surface area (Å²) in [6.07, 6.45) is -3.33. The van der Waals surface area contributed by atoms with Crippen LogP contribution < -0.4 is 0 Å². The zero-order valence-corrected chi connectivity index (χ0v) is 19.4. The first-order valence-electron chi connectivity index (χ1n) is 10.6. The fourth-order valence-electron chi connectivity index (χ4n) is 3.79. The molecule has 0 saturated carbocycles. The minimum atomic E-state index is -4.85. The third-order valence-corrected chi connectivity index (χ3v) is 6.88. The Morgan fingerprint density at radius 1 is 0.909 bits per heavy atom. The standard InChI is InChI=1S/C26H25F3N2OS/c1-24(2,3)21-11-7-8-12-23(21)33-17-25(32,26(27,28)29)19-13-14-22-18(15-19)16-30-31(22)20-9-5-4-6-10-20/h4-16,32H,17H2,1-3H3. The van der Waals surface area contributed by atoms with Gasteiger partial charge in [0.2, 0.25) is 0 Å². The number of nitrogens with zero attached hydrogens (tertiary/aromatic N) is 2. The van der Waals surface area contributed by atoms with Crippen molar-refractivity contribution in [3.05, 3.63) is 90.1 Å². The van der Waals surface area contributed by atoms with Crippen LogP contribution >= 0.6 is 11.8 Å². The first kappa shape index (κ1) is 23.4. The van der Waals surface area contributed by atoms with Crippen molar-refractivity contribution in [2.24, 2.45) is 0 Å². The van der Waals surface area contributed by atoms with Crippen molar-refractivity contribution in [1.82, 2.24) is 9.78 Å². The van der Waals surface area contributed by atoms with Crippen LogP contribution in [0.4, 0.5) is 13.2 Å². The third-order valence-electron chi connectivity index (χ3n) is 5.65. The Bertz CT molecular complexity index is 1260. The Morgan fingerprint density at radius 3 is 2.24 bits per heavy atom. The van der Waals surface area contributed by atoms with Gasteiger partial charge in [-0.3, -0.25) is 0 Å². The number of thioether (sulfide) groups is 1. The predicted molar refractivity (Wildman–Crippen MR) is 127 cm³/mol. The van der Waals surface area contributed by atoms with Gasteiger partial charge in [0.25, 0.3) is 0 Å². The van der Waals surface area contributed by atoms with Crippen LogP contribution in [0.1, 0.15) is 31.9 Å². The molecule has 1 aromatic heterocycles. The van der Waals surface area contributed by atoms with Crippen LogP contribution in [0.5, 0.6) is 0 Å². The first-order valence-corrected chi connectivity index (χ1v) is 11.5. The number of benzene rings is 3. The largest absolute Gasteiger partial charge is 0.422 e. The Kier molecular flexibility index (Phi) is 6.05. The summed E-state index contributed by atoms with van der Waals surface area (Å²) in [5.41, 5.74) is -1.02. The van der Waals surface area contributed by atoms with Crippen molar-refractivity contribution in [3.63, 3.8) is 0 Å². The smallest absolute Gasteiger partial charge is 0.376 e. The van der Waals surface area contributed by atoms with E-state index in [1.165, 1.54) is 18.3 Å². The zero-order chi connectivity index (χ0) is 23.9. The molecule has 0 saturated heterocycles. The van der Waals surface area contributed by atoms with E-state index in [0.717, 1.165) is 27.9 Å². The lowest BCUT2D eigenvalue weighted by atomic mass is 9.87. The van der Waals surface area contributed by atoms with Gasteiger partial charge in [-0.2, -0.15) is 18.3 Å². The molecule has 0 aliphatic carbocycles. The molecule has 1 heterocycles. The van der Waals surface area contributed by atoms with Gasteiger partial charge in [0, 0.05) is 16.0 Å². The van der Waals surface area contributed by atoms with Crippen LogP contribution in [0, 0.1) is 0 Å². The molecule has 0 bridgehead atoms. The highest BCUT2D eigenvalue weighted by atomic mass is 32.2. The molecular weight excluding hydrogens is 445 g/mol. The maximum absolute atomic E-state index is 14.2. The van der Waals surface area contributed by atoms with Gasteiger partial charge in [-0.25, -0.2) is 4.68 Å². The Hall–Kier alpha value is -2.77. The van der Waals surface area contributed by atoms with E-state index in [2.05, 4.69) is 5.10 Å². The second-order valence-corrected chi connectivity index (χ2v) is 10.1. The number of rotatable bonds is 5. The Balaban J connectivity index is 1.71. The number of aliphatic hydroxyl groups is 1. The molecule has 1 atom stereocenters. The lowest BCUT2D eigenvalue weighted by Gasteiger charge is -2.31. The second-order valence-electron chi connectivity index (χ2n) is 9.06. The topological polar surface area (TPSA) is 38.1 Å². The van der Waals surface area contributed by atoms with Gasteiger partial charge >= 0.3 is 6.18 Å². The molecule has 33 heavy (non-hydrogen) atoms. The molecule has 1 unspecified atom stereocenters. The summed E-state index contributed by atoms with van der Waals surface area (Å²) >= 11 is 1.02. The van der Waals surface area contributed by atoms with Crippen molar-refractivity contribution in [3.8, 4) is 5.69 Å². The van der Waals surface area contributed by atoms with Crippen molar-refractivity contribution in [2.45, 2.75) is 42.9 Å². The van der Waals surface area contributed by atoms with Gasteiger partial charge in [-0.1, -0.05) is 63.2 Å². The Morgan fingerprint density at radius 2 is 1.58 bits per heavy atom. The summed E-state index contributed by atoms with van der Waals surface area (Å²) in [6, 6.07) is 21.0. The lowest BCUT2D eigenvalue weighted by molar-refractivity contribution is -0.256. The van der Waals surface area contributed by atoms with Crippen LogP contribution in [0.15, 0.2) is 83.9 Å². The monoisotopic (exact) mass is 470 g/mol. The average Bonchev–Trinajstić information content (AvgIpc) is 3.20. The second kappa shape index (κ2) is 8.54. The summed E-state index contributed by atoms with van der Waals surface area (Å²) in [7, 11) is 0. The van der Waals surface area contributed by atoms with E-state index in [9.17, 15) is 18.3 Å². The molecule has 3 nitrogen and oxygen atoms in total. The molecule has 1 N–H and O–H groups in total. The molecular formula is C26H25F3N2OS. The van der Waals surface area contributed by atoms with Gasteiger partial charge in [0.05, 0.1) is 17.4 Å². The van der Waals surface area contributed by atoms with Gasteiger partial charge in [-0.15, -0.1) is 11.8 Å². The highest BCUT2D eigenvalue weighted by Crippen LogP contribution is 2.44. The summed E-state index contributed by atoms with van der Waals surface area (Å²) < 4.78 is 44.3. The van der Waals surface area contributed by atoms with Gasteiger partial charge in [0.15, 0.2) is 5.60 Å². The number of fused-ring (bicyclic) bond motifs is 1. The molecule has 3 aromatic carbocycles. The maximum Gasteiger partial charge on any atom is 0.422 e. The van der Waals surface area contributed by atoms with E-state index in [0.29, 0.717) is 10.9 Å². The van der Waals surface area contributed by atoms with Crippen molar-refractivity contribution < 1.29 is 18.3 Å². The van der Waals surface area contributed by atoms with E-state index >= 15 is 0 Å². The zero-order valence-electron chi connectivity index (χ0n) is 18.6. The lowest BCUT2D eigenvalue weighted by Crippen LogP contribution is -2.44. The molecule has 4 aromatic rings. The van der Waals surface area contributed by atoms with Crippen LogP contribution in [0.25, 0.3) is 16.6 Å². The van der Waals surface area contributed by atoms with E-state index < -0.39 is 17.5 Å².